The molecule has 96 valence electrons. The van der Waals surface area contributed by atoms with E-state index in [0.717, 1.165) is 24.5 Å². The van der Waals surface area contributed by atoms with Crippen LogP contribution in [0.4, 0.5) is 0 Å². The Hall–Kier alpha value is -1.37. The molecule has 0 aliphatic heterocycles. The summed E-state index contributed by atoms with van der Waals surface area (Å²) in [6, 6.07) is 11.7. The maximum atomic E-state index is 9.26. The number of rotatable bonds is 7. The normalized spacial score (nSPS) is 18.0. The second-order valence-electron chi connectivity index (χ2n) is 5.04. The maximum Gasteiger partial charge on any atom is 0.132 e. The van der Waals surface area contributed by atoms with Gasteiger partial charge in [0, 0.05) is 19.6 Å². The van der Waals surface area contributed by atoms with Crippen LogP contribution in [0, 0.1) is 17.2 Å². The van der Waals surface area contributed by atoms with Crippen molar-refractivity contribution in [3.8, 4) is 6.07 Å². The van der Waals surface area contributed by atoms with Crippen molar-refractivity contribution in [1.82, 2.24) is 0 Å². The van der Waals surface area contributed by atoms with Gasteiger partial charge in [0.1, 0.15) is 5.54 Å². The third kappa shape index (κ3) is 3.56. The lowest BCUT2D eigenvalue weighted by Gasteiger charge is -2.21. The van der Waals surface area contributed by atoms with Gasteiger partial charge in [-0.05, 0) is 17.9 Å². The molecule has 0 heterocycles. The van der Waals surface area contributed by atoms with Crippen LogP contribution < -0.4 is 5.73 Å². The van der Waals surface area contributed by atoms with Gasteiger partial charge >= 0.3 is 0 Å². The second kappa shape index (κ2) is 5.99. The highest BCUT2D eigenvalue weighted by molar-refractivity contribution is 5.30. The van der Waals surface area contributed by atoms with Gasteiger partial charge in [0.05, 0.1) is 6.07 Å². The zero-order valence-corrected chi connectivity index (χ0v) is 10.6. The zero-order valence-electron chi connectivity index (χ0n) is 10.6. The summed E-state index contributed by atoms with van der Waals surface area (Å²) in [6.45, 7) is 1.34. The van der Waals surface area contributed by atoms with Crippen LogP contribution in [-0.4, -0.2) is 13.2 Å². The van der Waals surface area contributed by atoms with E-state index in [-0.39, 0.29) is 0 Å². The minimum Gasteiger partial charge on any atom is -0.381 e. The molecule has 2 N–H and O–H groups in total. The minimum absolute atomic E-state index is 0.540. The molecule has 1 aliphatic rings. The van der Waals surface area contributed by atoms with Gasteiger partial charge in [-0.2, -0.15) is 5.26 Å². The summed E-state index contributed by atoms with van der Waals surface area (Å²) >= 11 is 0. The molecular formula is C15H20N2O. The van der Waals surface area contributed by atoms with Crippen molar-refractivity contribution in [3.05, 3.63) is 35.9 Å². The predicted molar refractivity (Wildman–Crippen MR) is 70.7 cm³/mol. The number of hydrogen-bond donors (Lipinski definition) is 1. The molecule has 1 unspecified atom stereocenters. The Balaban J connectivity index is 1.78. The molecule has 0 saturated heterocycles. The fourth-order valence-corrected chi connectivity index (χ4v) is 1.99. The van der Waals surface area contributed by atoms with E-state index in [1.165, 1.54) is 12.8 Å². The Morgan fingerprint density at radius 2 is 2.00 bits per heavy atom. The SMILES string of the molecule is N#CC(N)(CCOCCC1CC1)c1ccccc1. The highest BCUT2D eigenvalue weighted by atomic mass is 16.5. The van der Waals surface area contributed by atoms with Crippen molar-refractivity contribution in [2.75, 3.05) is 13.2 Å². The Morgan fingerprint density at radius 3 is 2.61 bits per heavy atom. The standard InChI is InChI=1S/C15H20N2O/c16-12-15(17,14-4-2-1-3-5-14)9-11-18-10-8-13-6-7-13/h1-5,13H,6-11,17H2. The topological polar surface area (TPSA) is 59.0 Å². The molecule has 2 rings (SSSR count). The van der Waals surface area contributed by atoms with Gasteiger partial charge in [0.2, 0.25) is 0 Å². The van der Waals surface area contributed by atoms with Crippen LogP contribution in [-0.2, 0) is 10.3 Å². The van der Waals surface area contributed by atoms with E-state index >= 15 is 0 Å². The molecule has 1 saturated carbocycles. The van der Waals surface area contributed by atoms with Crippen LogP contribution in [0.15, 0.2) is 30.3 Å². The Morgan fingerprint density at radius 1 is 1.28 bits per heavy atom. The predicted octanol–water partition coefficient (Wildman–Crippen LogP) is 2.57. The van der Waals surface area contributed by atoms with Crippen LogP contribution in [0.25, 0.3) is 0 Å². The van der Waals surface area contributed by atoms with E-state index in [9.17, 15) is 5.26 Å². The quantitative estimate of drug-likeness (QED) is 0.750. The van der Waals surface area contributed by atoms with Crippen molar-refractivity contribution in [2.45, 2.75) is 31.2 Å². The van der Waals surface area contributed by atoms with Gasteiger partial charge in [0.25, 0.3) is 0 Å². The molecule has 0 bridgehead atoms. The molecule has 0 spiro atoms. The van der Waals surface area contributed by atoms with Gasteiger partial charge in [-0.15, -0.1) is 0 Å². The molecule has 1 atom stereocenters. The molecule has 1 aromatic carbocycles. The molecule has 3 heteroatoms. The van der Waals surface area contributed by atoms with Crippen LogP contribution in [0.5, 0.6) is 0 Å². The molecule has 18 heavy (non-hydrogen) atoms. The van der Waals surface area contributed by atoms with Gasteiger partial charge in [0.15, 0.2) is 0 Å². The summed E-state index contributed by atoms with van der Waals surface area (Å²) < 4.78 is 5.57. The fraction of sp³-hybridized carbons (Fsp3) is 0.533. The Bertz CT molecular complexity index is 408. The Labute approximate surface area is 109 Å². The number of nitrogens with two attached hydrogens (primary N) is 1. The van der Waals surface area contributed by atoms with E-state index in [1.54, 1.807) is 0 Å². The second-order valence-corrected chi connectivity index (χ2v) is 5.04. The third-order valence-electron chi connectivity index (χ3n) is 3.50. The lowest BCUT2D eigenvalue weighted by Crippen LogP contribution is -2.36. The van der Waals surface area contributed by atoms with Gasteiger partial charge < -0.3 is 10.5 Å². The van der Waals surface area contributed by atoms with Gasteiger partial charge in [-0.25, -0.2) is 0 Å². The first kappa shape index (κ1) is 13.1. The van der Waals surface area contributed by atoms with Crippen molar-refractivity contribution in [3.63, 3.8) is 0 Å². The largest absolute Gasteiger partial charge is 0.381 e. The van der Waals surface area contributed by atoms with Crippen molar-refractivity contribution >= 4 is 0 Å². The molecule has 0 aromatic heterocycles. The molecule has 1 aliphatic carbocycles. The molecule has 1 aromatic rings. The molecule has 3 nitrogen and oxygen atoms in total. The number of ether oxygens (including phenoxy) is 1. The number of nitrogens with zero attached hydrogens (tertiary/aromatic N) is 1. The molecule has 0 radical (unpaired) electrons. The summed E-state index contributed by atoms with van der Waals surface area (Å²) in [5.41, 5.74) is 6.06. The van der Waals surface area contributed by atoms with E-state index < -0.39 is 5.54 Å². The molecular weight excluding hydrogens is 224 g/mol. The summed E-state index contributed by atoms with van der Waals surface area (Å²) in [5, 5.41) is 9.26. The first-order valence-corrected chi connectivity index (χ1v) is 6.58. The number of nitriles is 1. The summed E-state index contributed by atoms with van der Waals surface area (Å²) in [4.78, 5) is 0. The first-order chi connectivity index (χ1) is 8.74. The monoisotopic (exact) mass is 244 g/mol. The average molecular weight is 244 g/mol. The van der Waals surface area contributed by atoms with Crippen LogP contribution in [0.3, 0.4) is 0 Å². The van der Waals surface area contributed by atoms with Crippen LogP contribution >= 0.6 is 0 Å². The summed E-state index contributed by atoms with van der Waals surface area (Å²) in [6.07, 6.45) is 4.40. The minimum atomic E-state index is -0.930. The zero-order chi connectivity index (χ0) is 12.8. The van der Waals surface area contributed by atoms with Crippen LogP contribution in [0.1, 0.15) is 31.2 Å². The average Bonchev–Trinajstić information content (AvgIpc) is 3.23. The van der Waals surface area contributed by atoms with Crippen LogP contribution in [0.2, 0.25) is 0 Å². The summed E-state index contributed by atoms with van der Waals surface area (Å²) in [5.74, 6) is 0.887. The van der Waals surface area contributed by atoms with Gasteiger partial charge in [-0.1, -0.05) is 43.2 Å². The lowest BCUT2D eigenvalue weighted by molar-refractivity contribution is 0.115. The third-order valence-corrected chi connectivity index (χ3v) is 3.50. The van der Waals surface area contributed by atoms with E-state index in [4.69, 9.17) is 10.5 Å². The smallest absolute Gasteiger partial charge is 0.132 e. The highest BCUT2D eigenvalue weighted by Gasteiger charge is 2.26. The molecule has 1 fully saturated rings. The van der Waals surface area contributed by atoms with Crippen molar-refractivity contribution in [1.29, 1.82) is 5.26 Å². The van der Waals surface area contributed by atoms with E-state index in [1.807, 2.05) is 30.3 Å². The maximum absolute atomic E-state index is 9.26. The van der Waals surface area contributed by atoms with E-state index in [0.29, 0.717) is 13.0 Å². The van der Waals surface area contributed by atoms with Crippen molar-refractivity contribution < 1.29 is 4.74 Å². The first-order valence-electron chi connectivity index (χ1n) is 6.58. The summed E-state index contributed by atoms with van der Waals surface area (Å²) in [7, 11) is 0. The Kier molecular flexibility index (Phi) is 4.35. The van der Waals surface area contributed by atoms with Gasteiger partial charge in [-0.3, -0.25) is 0 Å². The molecule has 0 amide bonds. The lowest BCUT2D eigenvalue weighted by atomic mass is 9.89. The number of benzene rings is 1. The fourth-order valence-electron chi connectivity index (χ4n) is 1.99. The van der Waals surface area contributed by atoms with Crippen molar-refractivity contribution in [2.24, 2.45) is 11.7 Å². The van der Waals surface area contributed by atoms with E-state index in [2.05, 4.69) is 6.07 Å². The number of hydrogen-bond acceptors (Lipinski definition) is 3. The highest BCUT2D eigenvalue weighted by Crippen LogP contribution is 2.32.